The molecule has 0 bridgehead atoms. The van der Waals surface area contributed by atoms with E-state index in [4.69, 9.17) is 15.2 Å². The maximum absolute atomic E-state index is 13.1. The molecular formula is C22H11F12NO2. The van der Waals surface area contributed by atoms with Gasteiger partial charge in [0.15, 0.2) is 5.75 Å². The molecule has 37 heavy (non-hydrogen) atoms. The van der Waals surface area contributed by atoms with Gasteiger partial charge in [0.05, 0.1) is 27.9 Å². The molecular weight excluding hydrogens is 538 g/mol. The minimum absolute atomic E-state index is 0.143. The van der Waals surface area contributed by atoms with Crippen LogP contribution in [0.25, 0.3) is 0 Å². The molecule has 0 spiro atoms. The van der Waals surface area contributed by atoms with Gasteiger partial charge in [-0.05, 0) is 48.5 Å². The molecule has 0 aliphatic heterocycles. The van der Waals surface area contributed by atoms with Crippen LogP contribution < -0.4 is 15.2 Å². The van der Waals surface area contributed by atoms with Crippen molar-refractivity contribution in [3.8, 4) is 23.0 Å². The lowest BCUT2D eigenvalue weighted by atomic mass is 10.1. The van der Waals surface area contributed by atoms with E-state index in [1.807, 2.05) is 0 Å². The van der Waals surface area contributed by atoms with Crippen LogP contribution in [0.1, 0.15) is 22.3 Å². The number of alkyl halides is 12. The number of halogens is 12. The van der Waals surface area contributed by atoms with Crippen LogP contribution in [0, 0.1) is 0 Å². The fourth-order valence-corrected chi connectivity index (χ4v) is 2.90. The van der Waals surface area contributed by atoms with Gasteiger partial charge >= 0.3 is 24.7 Å². The highest BCUT2D eigenvalue weighted by Crippen LogP contribution is 2.42. The van der Waals surface area contributed by atoms with Crippen molar-refractivity contribution < 1.29 is 62.2 Å². The van der Waals surface area contributed by atoms with Gasteiger partial charge < -0.3 is 15.2 Å². The highest BCUT2D eigenvalue weighted by molar-refractivity contribution is 5.58. The summed E-state index contributed by atoms with van der Waals surface area (Å²) in [5.41, 5.74) is -1.51. The zero-order valence-corrected chi connectivity index (χ0v) is 17.6. The Morgan fingerprint density at radius 1 is 0.432 bits per heavy atom. The van der Waals surface area contributed by atoms with E-state index in [2.05, 4.69) is 0 Å². The molecule has 3 rings (SSSR count). The van der Waals surface area contributed by atoms with Crippen LogP contribution in [-0.4, -0.2) is 0 Å². The first-order chi connectivity index (χ1) is 16.7. The second-order valence-electron chi connectivity index (χ2n) is 7.39. The topological polar surface area (TPSA) is 44.5 Å². The Balaban J connectivity index is 2.01. The highest BCUT2D eigenvalue weighted by atomic mass is 19.4. The zero-order chi connectivity index (χ0) is 28.0. The van der Waals surface area contributed by atoms with Gasteiger partial charge in [-0.15, -0.1) is 0 Å². The molecule has 0 fully saturated rings. The van der Waals surface area contributed by atoms with E-state index in [1.54, 1.807) is 0 Å². The number of nitrogen functional groups attached to an aromatic ring is 1. The molecule has 0 aliphatic carbocycles. The summed E-state index contributed by atoms with van der Waals surface area (Å²) in [4.78, 5) is 0. The number of benzene rings is 3. The third-order valence-electron chi connectivity index (χ3n) is 4.57. The zero-order valence-electron chi connectivity index (χ0n) is 17.6. The maximum Gasteiger partial charge on any atom is 0.416 e. The van der Waals surface area contributed by atoms with Crippen molar-refractivity contribution in [1.82, 2.24) is 0 Å². The van der Waals surface area contributed by atoms with Gasteiger partial charge in [-0.3, -0.25) is 0 Å². The summed E-state index contributed by atoms with van der Waals surface area (Å²) in [7, 11) is 0. The van der Waals surface area contributed by atoms with Crippen molar-refractivity contribution >= 4 is 5.69 Å². The minimum atomic E-state index is -5.18. The van der Waals surface area contributed by atoms with Crippen molar-refractivity contribution in [3.63, 3.8) is 0 Å². The normalized spacial score (nSPS) is 13.0. The molecule has 0 aliphatic rings. The van der Waals surface area contributed by atoms with E-state index in [0.717, 1.165) is 18.2 Å². The van der Waals surface area contributed by atoms with E-state index in [0.29, 0.717) is 0 Å². The SMILES string of the molecule is Nc1ccc(Oc2cc(C(F)(F)F)cc(C(F)(F)F)c2)cc1Oc1cc(C(F)(F)F)cc(C(F)(F)F)c1. The Bertz CT molecular complexity index is 1230. The lowest BCUT2D eigenvalue weighted by molar-refractivity contribution is -0.144. The number of anilines is 1. The van der Waals surface area contributed by atoms with Gasteiger partial charge in [0.25, 0.3) is 0 Å². The van der Waals surface area contributed by atoms with Gasteiger partial charge in [-0.1, -0.05) is 0 Å². The van der Waals surface area contributed by atoms with Crippen molar-refractivity contribution in [3.05, 3.63) is 76.9 Å². The lowest BCUT2D eigenvalue weighted by Crippen LogP contribution is -2.11. The van der Waals surface area contributed by atoms with Crippen LogP contribution in [0.3, 0.4) is 0 Å². The van der Waals surface area contributed by atoms with Crippen molar-refractivity contribution in [1.29, 1.82) is 0 Å². The number of rotatable bonds is 4. The Labute approximate surface area is 199 Å². The van der Waals surface area contributed by atoms with E-state index >= 15 is 0 Å². The number of hydrogen-bond donors (Lipinski definition) is 1. The molecule has 0 radical (unpaired) electrons. The second-order valence-corrected chi connectivity index (χ2v) is 7.39. The Morgan fingerprint density at radius 3 is 1.14 bits per heavy atom. The van der Waals surface area contributed by atoms with Gasteiger partial charge in [-0.25, -0.2) is 0 Å². The van der Waals surface area contributed by atoms with Gasteiger partial charge in [0.1, 0.15) is 17.2 Å². The van der Waals surface area contributed by atoms with Gasteiger partial charge in [0, 0.05) is 6.07 Å². The van der Waals surface area contributed by atoms with E-state index in [1.165, 1.54) is 0 Å². The van der Waals surface area contributed by atoms with Crippen LogP contribution in [0.15, 0.2) is 54.6 Å². The first kappa shape index (κ1) is 27.8. The average Bonchev–Trinajstić information content (AvgIpc) is 2.73. The molecule has 0 amide bonds. The van der Waals surface area contributed by atoms with Crippen LogP contribution in [-0.2, 0) is 24.7 Å². The molecule has 0 unspecified atom stereocenters. The standard InChI is InChI=1S/C22H11F12NO2/c23-19(24,25)10-3-11(20(26,27)28)6-15(5-10)36-14-1-2-17(35)18(9-14)37-16-7-12(21(29,30)31)4-13(8-16)22(32,33)34/h1-9H,35H2. The summed E-state index contributed by atoms with van der Waals surface area (Å²) < 4.78 is 167. The third kappa shape index (κ3) is 6.92. The average molecular weight is 549 g/mol. The molecule has 15 heteroatoms. The number of nitrogens with two attached hydrogens (primary N) is 1. The quantitative estimate of drug-likeness (QED) is 0.261. The molecule has 200 valence electrons. The van der Waals surface area contributed by atoms with Crippen LogP contribution in [0.4, 0.5) is 58.4 Å². The number of ether oxygens (including phenoxy) is 2. The molecule has 0 atom stereocenters. The summed E-state index contributed by atoms with van der Waals surface area (Å²) >= 11 is 0. The van der Waals surface area contributed by atoms with Crippen molar-refractivity contribution in [2.24, 2.45) is 0 Å². The summed E-state index contributed by atoms with van der Waals surface area (Å²) in [5.74, 6) is -2.95. The molecule has 3 aromatic rings. The summed E-state index contributed by atoms with van der Waals surface area (Å²) in [5, 5.41) is 0. The summed E-state index contributed by atoms with van der Waals surface area (Å²) in [6.07, 6.45) is -20.7. The maximum atomic E-state index is 13.1. The Morgan fingerprint density at radius 2 is 0.784 bits per heavy atom. The van der Waals surface area contributed by atoms with Crippen molar-refractivity contribution in [2.75, 3.05) is 5.73 Å². The third-order valence-corrected chi connectivity index (χ3v) is 4.57. The number of hydrogen-bond acceptors (Lipinski definition) is 3. The van der Waals surface area contributed by atoms with E-state index in [-0.39, 0.29) is 42.1 Å². The summed E-state index contributed by atoms with van der Waals surface area (Å²) in [6.45, 7) is 0. The highest BCUT2D eigenvalue weighted by Gasteiger charge is 2.38. The molecule has 3 nitrogen and oxygen atoms in total. The van der Waals surface area contributed by atoms with Gasteiger partial charge in [-0.2, -0.15) is 52.7 Å². The lowest BCUT2D eigenvalue weighted by Gasteiger charge is -2.17. The Hall–Kier alpha value is -3.78. The van der Waals surface area contributed by atoms with Gasteiger partial charge in [0.2, 0.25) is 0 Å². The monoisotopic (exact) mass is 549 g/mol. The molecule has 0 saturated carbocycles. The van der Waals surface area contributed by atoms with E-state index < -0.39 is 70.0 Å². The van der Waals surface area contributed by atoms with Crippen LogP contribution in [0.2, 0.25) is 0 Å². The molecule has 0 saturated heterocycles. The first-order valence-electron chi connectivity index (χ1n) is 9.58. The fraction of sp³-hybridized carbons (Fsp3) is 0.182. The van der Waals surface area contributed by atoms with Crippen LogP contribution >= 0.6 is 0 Å². The predicted octanol–water partition coefficient (Wildman–Crippen LogP) is 8.93. The molecule has 0 heterocycles. The van der Waals surface area contributed by atoms with Crippen molar-refractivity contribution in [2.45, 2.75) is 24.7 Å². The molecule has 2 N–H and O–H groups in total. The van der Waals surface area contributed by atoms with E-state index in [9.17, 15) is 52.7 Å². The fourth-order valence-electron chi connectivity index (χ4n) is 2.90. The molecule has 3 aromatic carbocycles. The predicted molar refractivity (Wildman–Crippen MR) is 104 cm³/mol. The van der Waals surface area contributed by atoms with Crippen LogP contribution in [0.5, 0.6) is 23.0 Å². The summed E-state index contributed by atoms with van der Waals surface area (Å²) in [6, 6.07) is 3.40. The largest absolute Gasteiger partial charge is 0.457 e. The smallest absolute Gasteiger partial charge is 0.416 e. The molecule has 0 aromatic heterocycles. The second kappa shape index (κ2) is 9.27. The minimum Gasteiger partial charge on any atom is -0.457 e. The first-order valence-corrected chi connectivity index (χ1v) is 9.58. The Kier molecular flexibility index (Phi) is 6.96.